The third-order valence-electron chi connectivity index (χ3n) is 3.19. The topological polar surface area (TPSA) is 76.0 Å². The number of ether oxygens (including phenoxy) is 2. The molecule has 2 N–H and O–H groups in total. The van der Waals surface area contributed by atoms with Gasteiger partial charge in [-0.1, -0.05) is 0 Å². The second-order valence-corrected chi connectivity index (χ2v) is 5.31. The standard InChI is InChI=1S/C14H18O5/c1-14(2,13(16)17)8-9-10(15)4-5-11-12(9)19-7-3-6-18-11/h4-5,15H,3,6-8H2,1-2H3,(H,16,17). The van der Waals surface area contributed by atoms with Crippen LogP contribution in [0.2, 0.25) is 0 Å². The molecule has 104 valence electrons. The summed E-state index contributed by atoms with van der Waals surface area (Å²) < 4.78 is 11.1. The summed E-state index contributed by atoms with van der Waals surface area (Å²) in [5.74, 6) is 0.149. The Kier molecular flexibility index (Phi) is 3.55. The van der Waals surface area contributed by atoms with E-state index in [-0.39, 0.29) is 12.2 Å². The van der Waals surface area contributed by atoms with Gasteiger partial charge in [-0.25, -0.2) is 0 Å². The number of aliphatic carboxylic acids is 1. The second-order valence-electron chi connectivity index (χ2n) is 5.31. The molecule has 0 aromatic heterocycles. The van der Waals surface area contributed by atoms with E-state index in [2.05, 4.69) is 0 Å². The van der Waals surface area contributed by atoms with E-state index in [0.29, 0.717) is 30.3 Å². The van der Waals surface area contributed by atoms with Crippen LogP contribution in [0.3, 0.4) is 0 Å². The van der Waals surface area contributed by atoms with E-state index in [1.807, 2.05) is 0 Å². The number of phenolic OH excluding ortho intramolecular Hbond substituents is 1. The number of carboxylic acid groups (broad SMARTS) is 1. The minimum absolute atomic E-state index is 0.0403. The second kappa shape index (κ2) is 4.99. The molecule has 0 radical (unpaired) electrons. The lowest BCUT2D eigenvalue weighted by atomic mass is 9.85. The molecule has 0 amide bonds. The van der Waals surface area contributed by atoms with Crippen LogP contribution in [0.4, 0.5) is 0 Å². The first-order chi connectivity index (χ1) is 8.92. The van der Waals surface area contributed by atoms with E-state index in [1.54, 1.807) is 19.9 Å². The number of carboxylic acids is 1. The van der Waals surface area contributed by atoms with Gasteiger partial charge in [0.25, 0.3) is 0 Å². The highest BCUT2D eigenvalue weighted by Crippen LogP contribution is 2.41. The van der Waals surface area contributed by atoms with Crippen molar-refractivity contribution in [2.75, 3.05) is 13.2 Å². The monoisotopic (exact) mass is 266 g/mol. The number of hydrogen-bond acceptors (Lipinski definition) is 4. The molecule has 1 aromatic rings. The summed E-state index contributed by atoms with van der Waals surface area (Å²) in [5.41, 5.74) is -0.491. The molecule has 0 saturated carbocycles. The smallest absolute Gasteiger partial charge is 0.309 e. The van der Waals surface area contributed by atoms with Crippen LogP contribution < -0.4 is 9.47 Å². The molecular formula is C14H18O5. The molecule has 0 bridgehead atoms. The van der Waals surface area contributed by atoms with Crippen molar-refractivity contribution >= 4 is 5.97 Å². The number of aromatic hydroxyl groups is 1. The van der Waals surface area contributed by atoms with E-state index >= 15 is 0 Å². The van der Waals surface area contributed by atoms with Crippen molar-refractivity contribution in [3.05, 3.63) is 17.7 Å². The average molecular weight is 266 g/mol. The Labute approximate surface area is 111 Å². The molecule has 5 heteroatoms. The van der Waals surface area contributed by atoms with E-state index in [9.17, 15) is 15.0 Å². The molecule has 1 aliphatic heterocycles. The van der Waals surface area contributed by atoms with E-state index < -0.39 is 11.4 Å². The van der Waals surface area contributed by atoms with Crippen LogP contribution >= 0.6 is 0 Å². The van der Waals surface area contributed by atoms with Gasteiger partial charge in [0.05, 0.1) is 18.6 Å². The van der Waals surface area contributed by atoms with Gasteiger partial charge in [0, 0.05) is 12.0 Å². The molecular weight excluding hydrogens is 248 g/mol. The lowest BCUT2D eigenvalue weighted by Gasteiger charge is -2.22. The summed E-state index contributed by atoms with van der Waals surface area (Å²) >= 11 is 0. The fourth-order valence-electron chi connectivity index (χ4n) is 1.97. The maximum Gasteiger partial charge on any atom is 0.309 e. The molecule has 0 fully saturated rings. The van der Waals surface area contributed by atoms with Crippen molar-refractivity contribution in [1.29, 1.82) is 0 Å². The predicted octanol–water partition coefficient (Wildman–Crippen LogP) is 2.21. The van der Waals surface area contributed by atoms with Gasteiger partial charge in [0.15, 0.2) is 11.5 Å². The van der Waals surface area contributed by atoms with Crippen LogP contribution in [0.25, 0.3) is 0 Å². The molecule has 5 nitrogen and oxygen atoms in total. The van der Waals surface area contributed by atoms with E-state index in [0.717, 1.165) is 6.42 Å². The summed E-state index contributed by atoms with van der Waals surface area (Å²) in [6, 6.07) is 3.16. The number of carbonyl (C=O) groups is 1. The normalized spacial score (nSPS) is 14.8. The Balaban J connectivity index is 2.42. The first kappa shape index (κ1) is 13.5. The van der Waals surface area contributed by atoms with Gasteiger partial charge >= 0.3 is 5.97 Å². The number of rotatable bonds is 3. The fraction of sp³-hybridized carbons (Fsp3) is 0.500. The lowest BCUT2D eigenvalue weighted by molar-refractivity contribution is -0.146. The zero-order chi connectivity index (χ0) is 14.0. The van der Waals surface area contributed by atoms with Gasteiger partial charge in [0.2, 0.25) is 0 Å². The molecule has 1 aromatic carbocycles. The SMILES string of the molecule is CC(C)(Cc1c(O)ccc2c1OCCCO2)C(=O)O. The van der Waals surface area contributed by atoms with E-state index in [4.69, 9.17) is 9.47 Å². The van der Waals surface area contributed by atoms with Gasteiger partial charge in [-0.2, -0.15) is 0 Å². The Hall–Kier alpha value is -1.91. The summed E-state index contributed by atoms with van der Waals surface area (Å²) in [4.78, 5) is 11.2. The number of benzene rings is 1. The highest BCUT2D eigenvalue weighted by molar-refractivity contribution is 5.74. The number of fused-ring (bicyclic) bond motifs is 1. The van der Waals surface area contributed by atoms with E-state index in [1.165, 1.54) is 6.07 Å². The first-order valence-electron chi connectivity index (χ1n) is 6.25. The zero-order valence-corrected chi connectivity index (χ0v) is 11.1. The van der Waals surface area contributed by atoms with Crippen LogP contribution in [0, 0.1) is 5.41 Å². The molecule has 1 aliphatic rings. The van der Waals surface area contributed by atoms with Gasteiger partial charge < -0.3 is 19.7 Å². The quantitative estimate of drug-likeness (QED) is 0.877. The Bertz CT molecular complexity index is 493. The highest BCUT2D eigenvalue weighted by Gasteiger charge is 2.31. The first-order valence-corrected chi connectivity index (χ1v) is 6.25. The van der Waals surface area contributed by atoms with Gasteiger partial charge in [-0.15, -0.1) is 0 Å². The van der Waals surface area contributed by atoms with Crippen molar-refractivity contribution in [2.45, 2.75) is 26.7 Å². The summed E-state index contributed by atoms with van der Waals surface area (Å²) in [7, 11) is 0. The van der Waals surface area contributed by atoms with Crippen LogP contribution in [0.15, 0.2) is 12.1 Å². The molecule has 0 aliphatic carbocycles. The maximum atomic E-state index is 11.2. The highest BCUT2D eigenvalue weighted by atomic mass is 16.5. The van der Waals surface area contributed by atoms with Gasteiger partial charge in [-0.3, -0.25) is 4.79 Å². The van der Waals surface area contributed by atoms with Crippen molar-refractivity contribution in [3.63, 3.8) is 0 Å². The molecule has 1 heterocycles. The Morgan fingerprint density at radius 2 is 2.00 bits per heavy atom. The average Bonchev–Trinajstić information content (AvgIpc) is 2.58. The largest absolute Gasteiger partial charge is 0.508 e. The van der Waals surface area contributed by atoms with Crippen LogP contribution in [-0.4, -0.2) is 29.4 Å². The van der Waals surface area contributed by atoms with Crippen molar-refractivity contribution in [1.82, 2.24) is 0 Å². The lowest BCUT2D eigenvalue weighted by Crippen LogP contribution is -2.26. The summed E-state index contributed by atoms with van der Waals surface area (Å²) in [6.07, 6.45) is 0.942. The number of hydrogen-bond donors (Lipinski definition) is 2. The molecule has 0 spiro atoms. The Morgan fingerprint density at radius 1 is 1.32 bits per heavy atom. The van der Waals surface area contributed by atoms with Gasteiger partial charge in [0.1, 0.15) is 5.75 Å². The molecule has 0 saturated heterocycles. The summed E-state index contributed by atoms with van der Waals surface area (Å²) in [6.45, 7) is 4.29. The van der Waals surface area contributed by atoms with Crippen LogP contribution in [0.1, 0.15) is 25.8 Å². The van der Waals surface area contributed by atoms with Crippen LogP contribution in [0.5, 0.6) is 17.2 Å². The minimum Gasteiger partial charge on any atom is -0.508 e. The van der Waals surface area contributed by atoms with Crippen molar-refractivity contribution < 1.29 is 24.5 Å². The third-order valence-corrected chi connectivity index (χ3v) is 3.19. The molecule has 2 rings (SSSR count). The molecule has 19 heavy (non-hydrogen) atoms. The number of phenols is 1. The zero-order valence-electron chi connectivity index (χ0n) is 11.1. The predicted molar refractivity (Wildman–Crippen MR) is 68.8 cm³/mol. The van der Waals surface area contributed by atoms with Crippen LogP contribution in [-0.2, 0) is 11.2 Å². The van der Waals surface area contributed by atoms with Crippen molar-refractivity contribution in [2.24, 2.45) is 5.41 Å². The molecule has 0 atom stereocenters. The summed E-state index contributed by atoms with van der Waals surface area (Å²) in [5, 5.41) is 19.2. The van der Waals surface area contributed by atoms with Crippen molar-refractivity contribution in [3.8, 4) is 17.2 Å². The Morgan fingerprint density at radius 3 is 2.68 bits per heavy atom. The van der Waals surface area contributed by atoms with Gasteiger partial charge in [-0.05, 0) is 32.4 Å². The third kappa shape index (κ3) is 2.75. The fourth-order valence-corrected chi connectivity index (χ4v) is 1.97. The minimum atomic E-state index is -0.984. The molecule has 0 unspecified atom stereocenters. The maximum absolute atomic E-state index is 11.2.